The first kappa shape index (κ1) is 17.9. The van der Waals surface area contributed by atoms with Crippen LogP contribution in [0, 0.1) is 0 Å². The normalized spacial score (nSPS) is 10.4. The van der Waals surface area contributed by atoms with Gasteiger partial charge in [0.2, 0.25) is 0 Å². The van der Waals surface area contributed by atoms with Crippen molar-refractivity contribution in [2.75, 3.05) is 20.8 Å². The van der Waals surface area contributed by atoms with E-state index in [0.717, 1.165) is 17.0 Å². The van der Waals surface area contributed by atoms with Gasteiger partial charge in [-0.1, -0.05) is 30.3 Å². The SMILES string of the molecule is COc1ccc(-c2nc(C(=O)NCCc3ccccc3)cs2)cc1OC. The van der Waals surface area contributed by atoms with Crippen LogP contribution in [0.5, 0.6) is 11.5 Å². The smallest absolute Gasteiger partial charge is 0.270 e. The first-order valence-corrected chi connectivity index (χ1v) is 9.09. The average Bonchev–Trinajstić information content (AvgIpc) is 3.18. The van der Waals surface area contributed by atoms with Crippen LogP contribution in [-0.4, -0.2) is 31.7 Å². The number of ether oxygens (including phenoxy) is 2. The Morgan fingerprint density at radius 2 is 1.85 bits per heavy atom. The summed E-state index contributed by atoms with van der Waals surface area (Å²) < 4.78 is 10.6. The molecule has 6 heteroatoms. The molecule has 1 N–H and O–H groups in total. The van der Waals surface area contributed by atoms with Gasteiger partial charge in [-0.25, -0.2) is 4.98 Å². The van der Waals surface area contributed by atoms with E-state index < -0.39 is 0 Å². The summed E-state index contributed by atoms with van der Waals surface area (Å²) in [7, 11) is 3.19. The van der Waals surface area contributed by atoms with Gasteiger partial charge in [0.05, 0.1) is 14.2 Å². The Bertz CT molecular complexity index is 878. The standard InChI is InChI=1S/C20H20N2O3S/c1-24-17-9-8-15(12-18(17)25-2)20-22-16(13-26-20)19(23)21-11-10-14-6-4-3-5-7-14/h3-9,12-13H,10-11H2,1-2H3,(H,21,23). The van der Waals surface area contributed by atoms with Crippen molar-refractivity contribution >= 4 is 17.2 Å². The zero-order chi connectivity index (χ0) is 18.4. The minimum absolute atomic E-state index is 0.163. The summed E-state index contributed by atoms with van der Waals surface area (Å²) in [5, 5.41) is 5.44. The van der Waals surface area contributed by atoms with E-state index in [2.05, 4.69) is 10.3 Å². The molecule has 3 aromatic rings. The van der Waals surface area contributed by atoms with Gasteiger partial charge in [-0.2, -0.15) is 0 Å². The number of methoxy groups -OCH3 is 2. The van der Waals surface area contributed by atoms with Crippen molar-refractivity contribution < 1.29 is 14.3 Å². The highest BCUT2D eigenvalue weighted by molar-refractivity contribution is 7.13. The molecular formula is C20H20N2O3S. The largest absolute Gasteiger partial charge is 0.493 e. The van der Waals surface area contributed by atoms with Crippen LogP contribution in [0.2, 0.25) is 0 Å². The lowest BCUT2D eigenvalue weighted by molar-refractivity contribution is 0.0950. The predicted octanol–water partition coefficient (Wildman–Crippen LogP) is 3.80. The van der Waals surface area contributed by atoms with Gasteiger partial charge in [0.25, 0.3) is 5.91 Å². The van der Waals surface area contributed by atoms with Crippen LogP contribution < -0.4 is 14.8 Å². The van der Waals surface area contributed by atoms with Crippen molar-refractivity contribution in [2.45, 2.75) is 6.42 Å². The van der Waals surface area contributed by atoms with Crippen molar-refractivity contribution in [3.63, 3.8) is 0 Å². The van der Waals surface area contributed by atoms with E-state index in [0.29, 0.717) is 23.7 Å². The molecule has 3 rings (SSSR count). The molecule has 1 amide bonds. The zero-order valence-corrected chi connectivity index (χ0v) is 15.5. The van der Waals surface area contributed by atoms with Gasteiger partial charge in [-0.05, 0) is 30.2 Å². The number of carbonyl (C=O) groups excluding carboxylic acids is 1. The minimum atomic E-state index is -0.163. The van der Waals surface area contributed by atoms with Crippen molar-refractivity contribution in [2.24, 2.45) is 0 Å². The molecule has 0 radical (unpaired) electrons. The molecule has 0 atom stereocenters. The second kappa shape index (κ2) is 8.49. The van der Waals surface area contributed by atoms with Gasteiger partial charge in [0.15, 0.2) is 11.5 Å². The lowest BCUT2D eigenvalue weighted by Gasteiger charge is -2.08. The number of amides is 1. The summed E-state index contributed by atoms with van der Waals surface area (Å²) in [4.78, 5) is 16.7. The maximum Gasteiger partial charge on any atom is 0.270 e. The van der Waals surface area contributed by atoms with Crippen LogP contribution in [0.15, 0.2) is 53.9 Å². The lowest BCUT2D eigenvalue weighted by atomic mass is 10.1. The first-order valence-electron chi connectivity index (χ1n) is 8.21. The Morgan fingerprint density at radius 3 is 2.58 bits per heavy atom. The van der Waals surface area contributed by atoms with Crippen LogP contribution in [0.4, 0.5) is 0 Å². The highest BCUT2D eigenvalue weighted by Crippen LogP contribution is 2.33. The third-order valence-electron chi connectivity index (χ3n) is 3.91. The fourth-order valence-electron chi connectivity index (χ4n) is 2.54. The average molecular weight is 368 g/mol. The number of carbonyl (C=O) groups is 1. The van der Waals surface area contributed by atoms with E-state index >= 15 is 0 Å². The Hall–Kier alpha value is -2.86. The number of hydrogen-bond acceptors (Lipinski definition) is 5. The van der Waals surface area contributed by atoms with E-state index in [1.165, 1.54) is 16.9 Å². The van der Waals surface area contributed by atoms with Crippen LogP contribution >= 0.6 is 11.3 Å². The maximum absolute atomic E-state index is 12.3. The number of benzene rings is 2. The third kappa shape index (κ3) is 4.21. The molecule has 0 fully saturated rings. The second-order valence-electron chi connectivity index (χ2n) is 5.60. The number of nitrogens with zero attached hydrogens (tertiary/aromatic N) is 1. The van der Waals surface area contributed by atoms with Crippen molar-refractivity contribution in [1.29, 1.82) is 0 Å². The van der Waals surface area contributed by atoms with Gasteiger partial charge in [-0.3, -0.25) is 4.79 Å². The molecule has 0 aliphatic heterocycles. The van der Waals surface area contributed by atoms with Crippen molar-refractivity contribution in [1.82, 2.24) is 10.3 Å². The molecule has 5 nitrogen and oxygen atoms in total. The minimum Gasteiger partial charge on any atom is -0.493 e. The van der Waals surface area contributed by atoms with Crippen LogP contribution in [0.25, 0.3) is 10.6 Å². The van der Waals surface area contributed by atoms with E-state index in [-0.39, 0.29) is 5.91 Å². The highest BCUT2D eigenvalue weighted by Gasteiger charge is 2.13. The number of thiazole rings is 1. The summed E-state index contributed by atoms with van der Waals surface area (Å²) in [5.41, 5.74) is 2.50. The Balaban J connectivity index is 1.64. The quantitative estimate of drug-likeness (QED) is 0.689. The van der Waals surface area contributed by atoms with Gasteiger partial charge in [0.1, 0.15) is 10.7 Å². The number of aromatic nitrogens is 1. The van der Waals surface area contributed by atoms with E-state index in [4.69, 9.17) is 9.47 Å². The van der Waals surface area contributed by atoms with Gasteiger partial charge < -0.3 is 14.8 Å². The summed E-state index contributed by atoms with van der Waals surface area (Å²) >= 11 is 1.43. The Kier molecular flexibility index (Phi) is 5.86. The predicted molar refractivity (Wildman–Crippen MR) is 103 cm³/mol. The van der Waals surface area contributed by atoms with Crippen LogP contribution in [0.3, 0.4) is 0 Å². The highest BCUT2D eigenvalue weighted by atomic mass is 32.1. The fourth-order valence-corrected chi connectivity index (χ4v) is 3.33. The molecule has 1 heterocycles. The molecule has 0 spiro atoms. The Morgan fingerprint density at radius 1 is 1.08 bits per heavy atom. The topological polar surface area (TPSA) is 60.5 Å². The zero-order valence-electron chi connectivity index (χ0n) is 14.7. The van der Waals surface area contributed by atoms with Crippen molar-refractivity contribution in [3.8, 4) is 22.1 Å². The molecule has 0 saturated heterocycles. The van der Waals surface area contributed by atoms with Crippen LogP contribution in [0.1, 0.15) is 16.1 Å². The molecule has 0 unspecified atom stereocenters. The monoisotopic (exact) mass is 368 g/mol. The lowest BCUT2D eigenvalue weighted by Crippen LogP contribution is -2.25. The van der Waals surface area contributed by atoms with Crippen LogP contribution in [-0.2, 0) is 6.42 Å². The Labute approximate surface area is 156 Å². The molecule has 0 aliphatic carbocycles. The molecule has 2 aromatic carbocycles. The summed E-state index contributed by atoms with van der Waals surface area (Å²) in [5.74, 6) is 1.13. The van der Waals surface area contributed by atoms with Crippen molar-refractivity contribution in [3.05, 3.63) is 65.2 Å². The molecule has 26 heavy (non-hydrogen) atoms. The van der Waals surface area contributed by atoms with Gasteiger partial charge >= 0.3 is 0 Å². The van der Waals surface area contributed by atoms with Gasteiger partial charge in [0, 0.05) is 17.5 Å². The molecule has 0 aliphatic rings. The summed E-state index contributed by atoms with van der Waals surface area (Å²) in [6, 6.07) is 15.6. The summed E-state index contributed by atoms with van der Waals surface area (Å²) in [6.45, 7) is 0.575. The number of rotatable bonds is 7. The third-order valence-corrected chi connectivity index (χ3v) is 4.80. The molecule has 0 saturated carbocycles. The molecule has 0 bridgehead atoms. The number of nitrogens with one attached hydrogen (secondary N) is 1. The first-order chi connectivity index (χ1) is 12.7. The molecule has 1 aromatic heterocycles. The second-order valence-corrected chi connectivity index (χ2v) is 6.46. The molecule has 134 valence electrons. The van der Waals surface area contributed by atoms with E-state index in [9.17, 15) is 4.79 Å². The van der Waals surface area contributed by atoms with E-state index in [1.54, 1.807) is 19.6 Å². The fraction of sp³-hybridized carbons (Fsp3) is 0.200. The maximum atomic E-state index is 12.3. The molecular weight excluding hydrogens is 348 g/mol. The van der Waals surface area contributed by atoms with E-state index in [1.807, 2.05) is 48.5 Å². The number of hydrogen-bond donors (Lipinski definition) is 1. The summed E-state index contributed by atoms with van der Waals surface area (Å²) in [6.07, 6.45) is 0.791. The van der Waals surface area contributed by atoms with Gasteiger partial charge in [-0.15, -0.1) is 11.3 Å².